The molecule has 172 valence electrons. The summed E-state index contributed by atoms with van der Waals surface area (Å²) in [5.41, 5.74) is 0.736. The van der Waals surface area contributed by atoms with Crippen molar-refractivity contribution in [3.05, 3.63) is 59.5 Å². The van der Waals surface area contributed by atoms with Gasteiger partial charge in [-0.05, 0) is 43.0 Å². The Bertz CT molecular complexity index is 1110. The van der Waals surface area contributed by atoms with E-state index in [9.17, 15) is 18.8 Å². The van der Waals surface area contributed by atoms with Crippen molar-refractivity contribution in [3.63, 3.8) is 0 Å². The minimum absolute atomic E-state index is 0.0402. The summed E-state index contributed by atoms with van der Waals surface area (Å²) in [4.78, 5) is 43.0. The molecule has 1 aromatic carbocycles. The van der Waals surface area contributed by atoms with Gasteiger partial charge in [-0.2, -0.15) is 0 Å². The van der Waals surface area contributed by atoms with Crippen LogP contribution in [0.25, 0.3) is 0 Å². The van der Waals surface area contributed by atoms with Gasteiger partial charge in [0.2, 0.25) is 11.8 Å². The standard InChI is InChI=1S/C24H26FN5O3/c1-14(31)22(26)16-7-4-10-27-23(16)28-13-21(32)30-11-5-9-20(30)24(33)29-19-12-17(19)15-6-2-3-8-18(15)25/h2-4,6-8,10,17,19-20,26H,5,9,11-13H2,1H3,(H,27,28)(H,29,33). The van der Waals surface area contributed by atoms with Gasteiger partial charge < -0.3 is 15.5 Å². The van der Waals surface area contributed by atoms with Crippen LogP contribution in [-0.4, -0.2) is 58.4 Å². The zero-order valence-electron chi connectivity index (χ0n) is 18.3. The maximum absolute atomic E-state index is 14.0. The van der Waals surface area contributed by atoms with Gasteiger partial charge in [-0.1, -0.05) is 18.2 Å². The van der Waals surface area contributed by atoms with Gasteiger partial charge in [0.25, 0.3) is 0 Å². The van der Waals surface area contributed by atoms with E-state index in [1.165, 1.54) is 19.2 Å². The lowest BCUT2D eigenvalue weighted by Crippen LogP contribution is -2.48. The molecule has 3 N–H and O–H groups in total. The fraction of sp³-hybridized carbons (Fsp3) is 0.375. The minimum atomic E-state index is -0.570. The van der Waals surface area contributed by atoms with Crippen LogP contribution in [0.3, 0.4) is 0 Å². The summed E-state index contributed by atoms with van der Waals surface area (Å²) in [5, 5.41) is 13.8. The third kappa shape index (κ3) is 4.92. The largest absolute Gasteiger partial charge is 0.360 e. The zero-order chi connectivity index (χ0) is 23.5. The van der Waals surface area contributed by atoms with Crippen LogP contribution in [0.15, 0.2) is 42.6 Å². The molecule has 1 aliphatic heterocycles. The summed E-state index contributed by atoms with van der Waals surface area (Å²) in [5.74, 6) is -0.919. The minimum Gasteiger partial charge on any atom is -0.360 e. The first kappa shape index (κ1) is 22.6. The molecule has 2 fully saturated rings. The summed E-state index contributed by atoms with van der Waals surface area (Å²) >= 11 is 0. The predicted molar refractivity (Wildman–Crippen MR) is 121 cm³/mol. The Morgan fingerprint density at radius 3 is 2.76 bits per heavy atom. The van der Waals surface area contributed by atoms with Crippen LogP contribution in [0.4, 0.5) is 10.2 Å². The molecule has 1 saturated heterocycles. The number of likely N-dealkylation sites (tertiary alicyclic amines) is 1. The highest BCUT2D eigenvalue weighted by molar-refractivity contribution is 6.45. The number of halogens is 1. The van der Waals surface area contributed by atoms with E-state index in [1.807, 2.05) is 0 Å². The molecule has 9 heteroatoms. The number of pyridine rings is 1. The molecule has 1 aromatic heterocycles. The second kappa shape index (κ2) is 9.48. The van der Waals surface area contributed by atoms with E-state index in [1.54, 1.807) is 35.2 Å². The van der Waals surface area contributed by atoms with E-state index >= 15 is 0 Å². The average molecular weight is 452 g/mol. The molecule has 2 aromatic rings. The molecule has 2 amide bonds. The first-order valence-electron chi connectivity index (χ1n) is 11.0. The van der Waals surface area contributed by atoms with Gasteiger partial charge in [0.1, 0.15) is 23.4 Å². The summed E-state index contributed by atoms with van der Waals surface area (Å²) in [6.07, 6.45) is 3.48. The first-order chi connectivity index (χ1) is 15.9. The number of nitrogens with zero attached hydrogens (tertiary/aromatic N) is 2. The molecule has 4 rings (SSSR count). The van der Waals surface area contributed by atoms with E-state index in [-0.39, 0.29) is 47.7 Å². The predicted octanol–water partition coefficient (Wildman–Crippen LogP) is 2.25. The lowest BCUT2D eigenvalue weighted by molar-refractivity contribution is -0.137. The molecule has 33 heavy (non-hydrogen) atoms. The Hall–Kier alpha value is -3.62. The van der Waals surface area contributed by atoms with Crippen LogP contribution in [0.1, 0.15) is 43.2 Å². The average Bonchev–Trinajstić information content (AvgIpc) is 3.37. The van der Waals surface area contributed by atoms with Crippen LogP contribution in [0, 0.1) is 11.2 Å². The van der Waals surface area contributed by atoms with Crippen molar-refractivity contribution < 1.29 is 18.8 Å². The summed E-state index contributed by atoms with van der Waals surface area (Å²) in [6, 6.07) is 9.10. The summed E-state index contributed by atoms with van der Waals surface area (Å²) in [7, 11) is 0. The molecular weight excluding hydrogens is 425 g/mol. The van der Waals surface area contributed by atoms with Crippen LogP contribution in [-0.2, 0) is 14.4 Å². The third-order valence-electron chi connectivity index (χ3n) is 6.13. The van der Waals surface area contributed by atoms with Crippen molar-refractivity contribution in [3.8, 4) is 0 Å². The first-order valence-corrected chi connectivity index (χ1v) is 11.0. The fourth-order valence-electron chi connectivity index (χ4n) is 4.29. The molecular formula is C24H26FN5O3. The number of aromatic nitrogens is 1. The quantitative estimate of drug-likeness (QED) is 0.533. The van der Waals surface area contributed by atoms with Gasteiger partial charge in [-0.15, -0.1) is 0 Å². The summed E-state index contributed by atoms with van der Waals surface area (Å²) in [6.45, 7) is 1.66. The number of Topliss-reactive ketones (excluding diaryl/α,β-unsaturated/α-hetero) is 1. The topological polar surface area (TPSA) is 115 Å². The number of carbonyl (C=O) groups is 3. The fourth-order valence-corrected chi connectivity index (χ4v) is 4.29. The Morgan fingerprint density at radius 2 is 2.00 bits per heavy atom. The van der Waals surface area contributed by atoms with Crippen molar-refractivity contribution in [2.24, 2.45) is 0 Å². The van der Waals surface area contributed by atoms with Crippen molar-refractivity contribution in [2.75, 3.05) is 18.4 Å². The van der Waals surface area contributed by atoms with Crippen molar-refractivity contribution in [2.45, 2.75) is 44.2 Å². The number of nitrogens with one attached hydrogen (secondary N) is 3. The molecule has 3 atom stereocenters. The number of benzene rings is 1. The molecule has 0 bridgehead atoms. The SMILES string of the molecule is CC(=O)C(=N)c1cccnc1NCC(=O)N1CCCC1C(=O)NC1CC1c1ccccc1F. The van der Waals surface area contributed by atoms with Gasteiger partial charge in [0, 0.05) is 37.2 Å². The summed E-state index contributed by atoms with van der Waals surface area (Å²) < 4.78 is 14.0. The smallest absolute Gasteiger partial charge is 0.243 e. The number of rotatable bonds is 8. The Kier molecular flexibility index (Phi) is 6.48. The Balaban J connectivity index is 1.35. The molecule has 1 saturated carbocycles. The maximum atomic E-state index is 14.0. The third-order valence-corrected chi connectivity index (χ3v) is 6.13. The van der Waals surface area contributed by atoms with Gasteiger partial charge in [-0.25, -0.2) is 9.37 Å². The van der Waals surface area contributed by atoms with E-state index in [0.717, 1.165) is 6.42 Å². The van der Waals surface area contributed by atoms with E-state index < -0.39 is 11.8 Å². The van der Waals surface area contributed by atoms with Gasteiger partial charge in [0.15, 0.2) is 5.78 Å². The molecule has 0 radical (unpaired) electrons. The molecule has 0 spiro atoms. The Morgan fingerprint density at radius 1 is 1.21 bits per heavy atom. The lowest BCUT2D eigenvalue weighted by atomic mass is 10.1. The van der Waals surface area contributed by atoms with Crippen LogP contribution in [0.5, 0.6) is 0 Å². The Labute approximate surface area is 191 Å². The molecule has 2 aliphatic rings. The number of amides is 2. The molecule has 8 nitrogen and oxygen atoms in total. The number of carbonyl (C=O) groups excluding carboxylic acids is 3. The van der Waals surface area contributed by atoms with Crippen molar-refractivity contribution in [1.29, 1.82) is 5.41 Å². The number of ketones is 1. The van der Waals surface area contributed by atoms with Crippen LogP contribution >= 0.6 is 0 Å². The number of hydrogen-bond acceptors (Lipinski definition) is 6. The van der Waals surface area contributed by atoms with Crippen molar-refractivity contribution in [1.82, 2.24) is 15.2 Å². The van der Waals surface area contributed by atoms with Gasteiger partial charge in [0.05, 0.1) is 6.54 Å². The number of anilines is 1. The van der Waals surface area contributed by atoms with E-state index in [4.69, 9.17) is 5.41 Å². The highest BCUT2D eigenvalue weighted by Gasteiger charge is 2.43. The van der Waals surface area contributed by atoms with Crippen molar-refractivity contribution >= 4 is 29.1 Å². The van der Waals surface area contributed by atoms with Gasteiger partial charge in [-0.3, -0.25) is 19.8 Å². The highest BCUT2D eigenvalue weighted by Crippen LogP contribution is 2.42. The lowest BCUT2D eigenvalue weighted by Gasteiger charge is -2.24. The molecule has 3 unspecified atom stereocenters. The van der Waals surface area contributed by atoms with Gasteiger partial charge >= 0.3 is 0 Å². The monoisotopic (exact) mass is 451 g/mol. The molecule has 1 aliphatic carbocycles. The maximum Gasteiger partial charge on any atom is 0.243 e. The normalized spacial score (nSPS) is 21.4. The second-order valence-electron chi connectivity index (χ2n) is 8.41. The van der Waals surface area contributed by atoms with E-state index in [2.05, 4.69) is 15.6 Å². The van der Waals surface area contributed by atoms with Crippen LogP contribution < -0.4 is 10.6 Å². The second-order valence-corrected chi connectivity index (χ2v) is 8.41. The zero-order valence-corrected chi connectivity index (χ0v) is 18.3. The number of hydrogen-bond donors (Lipinski definition) is 3. The van der Waals surface area contributed by atoms with Crippen LogP contribution in [0.2, 0.25) is 0 Å². The highest BCUT2D eigenvalue weighted by atomic mass is 19.1. The molecule has 2 heterocycles. The van der Waals surface area contributed by atoms with E-state index in [0.29, 0.717) is 30.5 Å².